The van der Waals surface area contributed by atoms with Crippen LogP contribution < -0.4 is 4.72 Å². The Morgan fingerprint density at radius 3 is 2.95 bits per heavy atom. The Labute approximate surface area is 125 Å². The first-order valence-corrected chi connectivity index (χ1v) is 8.94. The fourth-order valence-electron chi connectivity index (χ4n) is 1.77. The van der Waals surface area contributed by atoms with E-state index in [-0.39, 0.29) is 11.8 Å². The van der Waals surface area contributed by atoms with Crippen molar-refractivity contribution in [3.8, 4) is 0 Å². The zero-order valence-corrected chi connectivity index (χ0v) is 12.9. The van der Waals surface area contributed by atoms with Crippen molar-refractivity contribution in [3.05, 3.63) is 33.2 Å². The fraction of sp³-hybridized carbons (Fsp3) is 0.455. The predicted octanol–water partition coefficient (Wildman–Crippen LogP) is 1.62. The molecule has 0 aliphatic heterocycles. The zero-order chi connectivity index (χ0) is 14.2. The van der Waals surface area contributed by atoms with E-state index in [1.54, 1.807) is 10.9 Å². The van der Waals surface area contributed by atoms with Gasteiger partial charge in [-0.2, -0.15) is 0 Å². The summed E-state index contributed by atoms with van der Waals surface area (Å²) in [5, 5.41) is 9.62. The summed E-state index contributed by atoms with van der Waals surface area (Å²) in [4.78, 5) is 0. The Morgan fingerprint density at radius 1 is 1.50 bits per heavy atom. The minimum absolute atomic E-state index is 0.177. The summed E-state index contributed by atoms with van der Waals surface area (Å²) < 4.78 is 28.3. The number of hydrogen-bond donors (Lipinski definition) is 1. The Kier molecular flexibility index (Phi) is 3.80. The summed E-state index contributed by atoms with van der Waals surface area (Å²) in [6.07, 6.45) is 3.22. The number of thiophene rings is 1. The van der Waals surface area contributed by atoms with E-state index in [1.165, 1.54) is 11.3 Å². The summed E-state index contributed by atoms with van der Waals surface area (Å²) in [5.74, 6) is 0. The second-order valence-corrected chi connectivity index (χ2v) is 8.26. The molecule has 9 heteroatoms. The SMILES string of the molecule is O=S(=O)(NCc1cn(Cc2ccsc2Cl)nn1)C1CC1. The van der Waals surface area contributed by atoms with Gasteiger partial charge in [0.05, 0.1) is 34.6 Å². The van der Waals surface area contributed by atoms with Gasteiger partial charge in [-0.05, 0) is 24.3 Å². The quantitative estimate of drug-likeness (QED) is 0.872. The fourth-order valence-corrected chi connectivity index (χ4v) is 4.03. The molecule has 0 saturated heterocycles. The minimum atomic E-state index is -3.18. The van der Waals surface area contributed by atoms with Gasteiger partial charge < -0.3 is 0 Å². The maximum atomic E-state index is 11.7. The Hall–Kier alpha value is -0.960. The van der Waals surface area contributed by atoms with E-state index in [4.69, 9.17) is 11.6 Å². The highest BCUT2D eigenvalue weighted by Gasteiger charge is 2.35. The van der Waals surface area contributed by atoms with Crippen molar-refractivity contribution in [2.24, 2.45) is 0 Å². The van der Waals surface area contributed by atoms with Gasteiger partial charge in [0.2, 0.25) is 10.0 Å². The van der Waals surface area contributed by atoms with E-state index in [0.29, 0.717) is 12.2 Å². The van der Waals surface area contributed by atoms with Crippen LogP contribution in [-0.4, -0.2) is 28.7 Å². The molecule has 2 aromatic rings. The second kappa shape index (κ2) is 5.44. The lowest BCUT2D eigenvalue weighted by Crippen LogP contribution is -2.26. The second-order valence-electron chi connectivity index (χ2n) is 4.69. The van der Waals surface area contributed by atoms with Crippen molar-refractivity contribution in [2.45, 2.75) is 31.2 Å². The van der Waals surface area contributed by atoms with Gasteiger partial charge in [0, 0.05) is 5.56 Å². The number of hydrogen-bond acceptors (Lipinski definition) is 5. The van der Waals surface area contributed by atoms with Gasteiger partial charge in [0.1, 0.15) is 0 Å². The molecule has 1 aliphatic rings. The summed E-state index contributed by atoms with van der Waals surface area (Å²) in [5.41, 5.74) is 1.58. The number of rotatable bonds is 6. The van der Waals surface area contributed by atoms with Gasteiger partial charge >= 0.3 is 0 Å². The largest absolute Gasteiger partial charge is 0.248 e. The summed E-state index contributed by atoms with van der Waals surface area (Å²) in [6.45, 7) is 0.709. The average Bonchev–Trinajstić information content (AvgIpc) is 3.07. The molecular formula is C11H13ClN4O2S2. The van der Waals surface area contributed by atoms with Crippen LogP contribution in [0.2, 0.25) is 4.34 Å². The first kappa shape index (κ1) is 14.0. The molecule has 0 bridgehead atoms. The molecule has 0 amide bonds. The molecule has 0 radical (unpaired) electrons. The highest BCUT2D eigenvalue weighted by molar-refractivity contribution is 7.90. The number of aromatic nitrogens is 3. The zero-order valence-electron chi connectivity index (χ0n) is 10.5. The third kappa shape index (κ3) is 3.20. The molecule has 0 spiro atoms. The van der Waals surface area contributed by atoms with Gasteiger partial charge in [0.15, 0.2) is 0 Å². The van der Waals surface area contributed by atoms with E-state index in [2.05, 4.69) is 15.0 Å². The van der Waals surface area contributed by atoms with Gasteiger partial charge in [-0.15, -0.1) is 16.4 Å². The van der Waals surface area contributed by atoms with Crippen LogP contribution in [0.5, 0.6) is 0 Å². The van der Waals surface area contributed by atoms with E-state index >= 15 is 0 Å². The van der Waals surface area contributed by atoms with Crippen LogP contribution >= 0.6 is 22.9 Å². The number of nitrogens with one attached hydrogen (secondary N) is 1. The molecule has 6 nitrogen and oxygen atoms in total. The topological polar surface area (TPSA) is 76.9 Å². The van der Waals surface area contributed by atoms with Gasteiger partial charge in [-0.25, -0.2) is 17.8 Å². The van der Waals surface area contributed by atoms with E-state index < -0.39 is 10.0 Å². The molecule has 3 rings (SSSR count). The summed E-state index contributed by atoms with van der Waals surface area (Å²) >= 11 is 7.49. The molecular weight excluding hydrogens is 320 g/mol. The Morgan fingerprint density at radius 2 is 2.30 bits per heavy atom. The van der Waals surface area contributed by atoms with E-state index in [0.717, 1.165) is 22.7 Å². The van der Waals surface area contributed by atoms with Crippen LogP contribution in [0, 0.1) is 0 Å². The normalized spacial score (nSPS) is 15.7. The van der Waals surface area contributed by atoms with Crippen molar-refractivity contribution >= 4 is 33.0 Å². The lowest BCUT2D eigenvalue weighted by molar-refractivity contribution is 0.579. The lowest BCUT2D eigenvalue weighted by Gasteiger charge is -2.02. The van der Waals surface area contributed by atoms with Crippen molar-refractivity contribution in [3.63, 3.8) is 0 Å². The molecule has 0 atom stereocenters. The van der Waals surface area contributed by atoms with Crippen molar-refractivity contribution in [1.82, 2.24) is 19.7 Å². The van der Waals surface area contributed by atoms with Crippen molar-refractivity contribution in [1.29, 1.82) is 0 Å². The van der Waals surface area contributed by atoms with Crippen LogP contribution in [0.15, 0.2) is 17.6 Å². The van der Waals surface area contributed by atoms with E-state index in [9.17, 15) is 8.42 Å². The molecule has 0 aromatic carbocycles. The molecule has 1 fully saturated rings. The average molecular weight is 333 g/mol. The van der Waals surface area contributed by atoms with Gasteiger partial charge in [0.25, 0.3) is 0 Å². The standard InChI is InChI=1S/C11H13ClN4O2S2/c12-11-8(3-4-19-11)6-16-7-9(14-15-16)5-13-20(17,18)10-1-2-10/h3-4,7,10,13H,1-2,5-6H2. The first-order chi connectivity index (χ1) is 9.54. The summed E-state index contributed by atoms with van der Waals surface area (Å²) in [7, 11) is -3.18. The molecule has 2 aromatic heterocycles. The third-order valence-electron chi connectivity index (χ3n) is 3.03. The molecule has 1 saturated carbocycles. The van der Waals surface area contributed by atoms with Crippen molar-refractivity contribution < 1.29 is 8.42 Å². The molecule has 108 valence electrons. The Balaban J connectivity index is 1.61. The first-order valence-electron chi connectivity index (χ1n) is 6.14. The highest BCUT2D eigenvalue weighted by atomic mass is 35.5. The molecule has 20 heavy (non-hydrogen) atoms. The van der Waals surface area contributed by atoms with Gasteiger partial charge in [-0.1, -0.05) is 16.8 Å². The number of sulfonamides is 1. The maximum Gasteiger partial charge on any atom is 0.214 e. The third-order valence-corrected chi connectivity index (χ3v) is 6.18. The predicted molar refractivity (Wildman–Crippen MR) is 77.2 cm³/mol. The Bertz CT molecular complexity index is 706. The van der Waals surface area contributed by atoms with Crippen molar-refractivity contribution in [2.75, 3.05) is 0 Å². The molecule has 0 unspecified atom stereocenters. The molecule has 1 N–H and O–H groups in total. The van der Waals surface area contributed by atoms with Gasteiger partial charge in [-0.3, -0.25) is 0 Å². The maximum absolute atomic E-state index is 11.7. The number of nitrogens with zero attached hydrogens (tertiary/aromatic N) is 3. The van der Waals surface area contributed by atoms with Crippen LogP contribution in [0.1, 0.15) is 24.1 Å². The van der Waals surface area contributed by atoms with Crippen LogP contribution in [0.25, 0.3) is 0 Å². The van der Waals surface area contributed by atoms with E-state index in [1.807, 2.05) is 11.4 Å². The van der Waals surface area contributed by atoms with Crippen LogP contribution in [0.4, 0.5) is 0 Å². The van der Waals surface area contributed by atoms with Crippen LogP contribution in [0.3, 0.4) is 0 Å². The minimum Gasteiger partial charge on any atom is -0.248 e. The van der Waals surface area contributed by atoms with Crippen LogP contribution in [-0.2, 0) is 23.1 Å². The monoisotopic (exact) mass is 332 g/mol. The highest BCUT2D eigenvalue weighted by Crippen LogP contribution is 2.27. The molecule has 2 heterocycles. The summed E-state index contributed by atoms with van der Waals surface area (Å²) in [6, 6.07) is 1.93. The smallest absolute Gasteiger partial charge is 0.214 e. The lowest BCUT2D eigenvalue weighted by atomic mass is 10.3. The molecule has 1 aliphatic carbocycles. The number of halogens is 1.